The predicted octanol–water partition coefficient (Wildman–Crippen LogP) is 1.11. The summed E-state index contributed by atoms with van der Waals surface area (Å²) in [5, 5.41) is 33.4. The van der Waals surface area contributed by atoms with Crippen LogP contribution in [0, 0.1) is 0 Å². The zero-order valence-corrected chi connectivity index (χ0v) is 16.7. The fourth-order valence-electron chi connectivity index (χ4n) is 4.30. The Balaban J connectivity index is 1.81. The van der Waals surface area contributed by atoms with Crippen molar-refractivity contribution in [3.05, 3.63) is 71.8 Å². The first-order chi connectivity index (χ1) is 14.0. The number of benzene rings is 2. The third-order valence-electron chi connectivity index (χ3n) is 5.82. The topological polar surface area (TPSA) is 93.0 Å². The Labute approximate surface area is 171 Å². The molecule has 4 atom stereocenters. The normalized spacial score (nSPS) is 24.7. The minimum atomic E-state index is -1.05. The Morgan fingerprint density at radius 3 is 1.97 bits per heavy atom. The smallest absolute Gasteiger partial charge is 0.216 e. The van der Waals surface area contributed by atoms with Crippen LogP contribution in [0.4, 0.5) is 0 Å². The maximum Gasteiger partial charge on any atom is 0.216 e. The van der Waals surface area contributed by atoms with E-state index in [2.05, 4.69) is 29.6 Å². The molecular formula is C23H30N2O4. The molecule has 0 aliphatic carbocycles. The molecule has 1 aliphatic heterocycles. The van der Waals surface area contributed by atoms with Crippen LogP contribution in [0.2, 0.25) is 0 Å². The molecule has 6 nitrogen and oxygen atoms in total. The molecular weight excluding hydrogens is 368 g/mol. The van der Waals surface area contributed by atoms with Gasteiger partial charge in [0.1, 0.15) is 0 Å². The molecule has 0 spiro atoms. The zero-order chi connectivity index (χ0) is 20.8. The van der Waals surface area contributed by atoms with E-state index in [1.165, 1.54) is 18.1 Å². The quantitative estimate of drug-likeness (QED) is 0.535. The maximum absolute atomic E-state index is 11.4. The Morgan fingerprint density at radius 1 is 0.966 bits per heavy atom. The van der Waals surface area contributed by atoms with E-state index in [9.17, 15) is 20.1 Å². The van der Waals surface area contributed by atoms with Crippen LogP contribution >= 0.6 is 0 Å². The van der Waals surface area contributed by atoms with Crippen LogP contribution in [0.3, 0.4) is 0 Å². The van der Waals surface area contributed by atoms with Gasteiger partial charge in [-0.2, -0.15) is 0 Å². The van der Waals surface area contributed by atoms with E-state index in [0.29, 0.717) is 6.54 Å². The second-order valence-electron chi connectivity index (χ2n) is 7.64. The Morgan fingerprint density at radius 2 is 1.48 bits per heavy atom. The van der Waals surface area contributed by atoms with E-state index in [1.807, 2.05) is 41.3 Å². The van der Waals surface area contributed by atoms with Gasteiger partial charge in [-0.05, 0) is 17.5 Å². The van der Waals surface area contributed by atoms with Crippen LogP contribution in [0.1, 0.15) is 30.4 Å². The average Bonchev–Trinajstić information content (AvgIpc) is 2.97. The van der Waals surface area contributed by atoms with Gasteiger partial charge < -0.3 is 20.6 Å². The number of carbonyl (C=O) groups excluding carboxylic acids is 1. The fourth-order valence-corrected chi connectivity index (χ4v) is 4.30. The summed E-state index contributed by atoms with van der Waals surface area (Å²) < 4.78 is 0. The zero-order valence-electron chi connectivity index (χ0n) is 16.7. The highest BCUT2D eigenvalue weighted by Crippen LogP contribution is 2.31. The number of likely N-dealkylation sites (tertiary alicyclic amines) is 1. The molecule has 156 valence electrons. The van der Waals surface area contributed by atoms with Gasteiger partial charge in [0.2, 0.25) is 5.91 Å². The van der Waals surface area contributed by atoms with E-state index >= 15 is 0 Å². The minimum Gasteiger partial charge on any atom is -0.395 e. The van der Waals surface area contributed by atoms with Crippen LogP contribution in [0.25, 0.3) is 0 Å². The molecule has 1 saturated heterocycles. The number of rotatable bonds is 8. The highest BCUT2D eigenvalue weighted by molar-refractivity contribution is 5.72. The fraction of sp³-hybridized carbons (Fsp3) is 0.435. The van der Waals surface area contributed by atoms with Gasteiger partial charge in [0, 0.05) is 25.9 Å². The highest BCUT2D eigenvalue weighted by Gasteiger charge is 2.47. The molecule has 29 heavy (non-hydrogen) atoms. The number of carbonyl (C=O) groups is 1. The number of nitrogens with one attached hydrogen (secondary N) is 1. The number of aliphatic hydroxyl groups is 3. The number of hydrogen-bond donors (Lipinski definition) is 4. The average molecular weight is 399 g/mol. The molecule has 2 aromatic rings. The van der Waals surface area contributed by atoms with Crippen molar-refractivity contribution in [2.24, 2.45) is 0 Å². The lowest BCUT2D eigenvalue weighted by molar-refractivity contribution is -0.119. The van der Waals surface area contributed by atoms with Crippen molar-refractivity contribution in [3.63, 3.8) is 0 Å². The molecule has 1 heterocycles. The SMILES string of the molecule is CC(=O)NC[C@@H]1[C@@H](O)[C@H](O)[C@@H](CO)N1CCC(c1ccccc1)c1ccccc1. The van der Waals surface area contributed by atoms with Gasteiger partial charge in [-0.3, -0.25) is 9.69 Å². The van der Waals surface area contributed by atoms with E-state index < -0.39 is 24.3 Å². The molecule has 0 aromatic heterocycles. The van der Waals surface area contributed by atoms with Gasteiger partial charge in [-0.25, -0.2) is 0 Å². The second-order valence-corrected chi connectivity index (χ2v) is 7.64. The van der Waals surface area contributed by atoms with Crippen LogP contribution in [0.15, 0.2) is 60.7 Å². The second kappa shape index (κ2) is 9.98. The summed E-state index contributed by atoms with van der Waals surface area (Å²) in [6.07, 6.45) is -1.32. The molecule has 0 unspecified atom stereocenters. The summed E-state index contributed by atoms with van der Waals surface area (Å²) in [4.78, 5) is 13.3. The number of amides is 1. The molecule has 3 rings (SSSR count). The predicted molar refractivity (Wildman–Crippen MR) is 111 cm³/mol. The lowest BCUT2D eigenvalue weighted by atomic mass is 9.88. The van der Waals surface area contributed by atoms with Crippen LogP contribution < -0.4 is 5.32 Å². The lowest BCUT2D eigenvalue weighted by Gasteiger charge is -2.31. The number of nitrogens with zero attached hydrogens (tertiary/aromatic N) is 1. The summed E-state index contributed by atoms with van der Waals surface area (Å²) in [5.74, 6) is -0.0430. The third kappa shape index (κ3) is 5.03. The molecule has 6 heteroatoms. The first kappa shape index (κ1) is 21.5. The van der Waals surface area contributed by atoms with Gasteiger partial charge in [-0.15, -0.1) is 0 Å². The van der Waals surface area contributed by atoms with Crippen molar-refractivity contribution in [2.75, 3.05) is 19.7 Å². The highest BCUT2D eigenvalue weighted by atomic mass is 16.3. The van der Waals surface area contributed by atoms with Crippen LogP contribution in [0.5, 0.6) is 0 Å². The van der Waals surface area contributed by atoms with Crippen molar-refractivity contribution in [2.45, 2.75) is 43.6 Å². The Hall–Kier alpha value is -2.25. The summed E-state index contributed by atoms with van der Waals surface area (Å²) in [7, 11) is 0. The summed E-state index contributed by atoms with van der Waals surface area (Å²) in [5.41, 5.74) is 2.39. The van der Waals surface area contributed by atoms with E-state index in [-0.39, 0.29) is 25.0 Å². The van der Waals surface area contributed by atoms with Crippen LogP contribution in [-0.4, -0.2) is 70.1 Å². The Kier molecular flexibility index (Phi) is 7.39. The maximum atomic E-state index is 11.4. The largest absolute Gasteiger partial charge is 0.395 e. The lowest BCUT2D eigenvalue weighted by Crippen LogP contribution is -2.47. The van der Waals surface area contributed by atoms with Crippen molar-refractivity contribution < 1.29 is 20.1 Å². The van der Waals surface area contributed by atoms with E-state index in [0.717, 1.165) is 6.42 Å². The minimum absolute atomic E-state index is 0.146. The Bertz CT molecular complexity index is 731. The standard InChI is InChI=1S/C23H30N2O4/c1-16(27)24-14-20-22(28)23(29)21(15-26)25(20)13-12-19(17-8-4-2-5-9-17)18-10-6-3-7-11-18/h2-11,19-23,26,28-29H,12-15H2,1H3,(H,24,27)/t20-,21-,22-,23-/m1/s1. The third-order valence-corrected chi connectivity index (χ3v) is 5.82. The molecule has 0 saturated carbocycles. The van der Waals surface area contributed by atoms with Gasteiger partial charge in [0.25, 0.3) is 0 Å². The summed E-state index contributed by atoms with van der Waals surface area (Å²) in [6.45, 7) is 1.96. The van der Waals surface area contributed by atoms with Crippen LogP contribution in [-0.2, 0) is 4.79 Å². The number of aliphatic hydroxyl groups excluding tert-OH is 3. The van der Waals surface area contributed by atoms with Gasteiger partial charge in [0.05, 0.1) is 30.9 Å². The molecule has 1 amide bonds. The van der Waals surface area contributed by atoms with Gasteiger partial charge in [-0.1, -0.05) is 60.7 Å². The molecule has 0 bridgehead atoms. The summed E-state index contributed by atoms with van der Waals surface area (Å²) in [6, 6.07) is 19.5. The van der Waals surface area contributed by atoms with E-state index in [1.54, 1.807) is 0 Å². The first-order valence-electron chi connectivity index (χ1n) is 10.1. The van der Waals surface area contributed by atoms with Crippen molar-refractivity contribution in [1.29, 1.82) is 0 Å². The molecule has 1 fully saturated rings. The summed E-state index contributed by atoms with van der Waals surface area (Å²) >= 11 is 0. The molecule has 1 aliphatic rings. The molecule has 0 radical (unpaired) electrons. The van der Waals surface area contributed by atoms with Crippen molar-refractivity contribution >= 4 is 5.91 Å². The van der Waals surface area contributed by atoms with Crippen molar-refractivity contribution in [1.82, 2.24) is 10.2 Å². The first-order valence-corrected chi connectivity index (χ1v) is 10.1. The monoisotopic (exact) mass is 398 g/mol. The van der Waals surface area contributed by atoms with Crippen molar-refractivity contribution in [3.8, 4) is 0 Å². The van der Waals surface area contributed by atoms with E-state index in [4.69, 9.17) is 0 Å². The van der Waals surface area contributed by atoms with Gasteiger partial charge in [0.15, 0.2) is 0 Å². The van der Waals surface area contributed by atoms with Gasteiger partial charge >= 0.3 is 0 Å². The molecule has 4 N–H and O–H groups in total. The number of hydrogen-bond acceptors (Lipinski definition) is 5. The molecule has 2 aromatic carbocycles.